The Morgan fingerprint density at radius 2 is 2.35 bits per heavy atom. The first-order chi connectivity index (χ1) is 8.08. The minimum atomic E-state index is -0.240. The van der Waals surface area contributed by atoms with Crippen molar-refractivity contribution in [2.75, 3.05) is 5.73 Å². The Hall–Kier alpha value is -1.89. The van der Waals surface area contributed by atoms with Gasteiger partial charge < -0.3 is 11.1 Å². The van der Waals surface area contributed by atoms with Crippen molar-refractivity contribution in [2.24, 2.45) is 7.05 Å². The normalized spacial score (nSPS) is 10.5. The van der Waals surface area contributed by atoms with Crippen LogP contribution in [0.15, 0.2) is 12.4 Å². The van der Waals surface area contributed by atoms with Gasteiger partial charge >= 0.3 is 0 Å². The largest absolute Gasteiger partial charge is 0.396 e. The van der Waals surface area contributed by atoms with Crippen molar-refractivity contribution in [1.29, 1.82) is 0 Å². The highest BCUT2D eigenvalue weighted by molar-refractivity contribution is 7.11. The van der Waals surface area contributed by atoms with Crippen LogP contribution in [0.4, 0.5) is 5.69 Å². The number of nitrogen functional groups attached to an aromatic ring is 1. The van der Waals surface area contributed by atoms with Gasteiger partial charge in [-0.3, -0.25) is 9.48 Å². The van der Waals surface area contributed by atoms with Gasteiger partial charge in [-0.2, -0.15) is 5.10 Å². The molecule has 17 heavy (non-hydrogen) atoms. The number of hydrogen-bond donors (Lipinski definition) is 2. The third-order valence-corrected chi connectivity index (χ3v) is 3.16. The second kappa shape index (κ2) is 4.54. The molecule has 0 fully saturated rings. The second-order valence-corrected chi connectivity index (χ2v) is 4.94. The van der Waals surface area contributed by atoms with Crippen molar-refractivity contribution in [3.05, 3.63) is 28.0 Å². The lowest BCUT2D eigenvalue weighted by Gasteiger charge is -2.04. The molecule has 2 heterocycles. The van der Waals surface area contributed by atoms with E-state index < -0.39 is 0 Å². The van der Waals surface area contributed by atoms with Crippen LogP contribution in [0, 0.1) is 6.92 Å². The van der Waals surface area contributed by atoms with Crippen molar-refractivity contribution in [3.63, 3.8) is 0 Å². The molecule has 0 saturated carbocycles. The highest BCUT2D eigenvalue weighted by atomic mass is 32.1. The van der Waals surface area contributed by atoms with E-state index in [-0.39, 0.29) is 5.91 Å². The molecule has 1 amide bonds. The van der Waals surface area contributed by atoms with E-state index in [1.54, 1.807) is 24.6 Å². The highest BCUT2D eigenvalue weighted by Gasteiger charge is 2.14. The number of anilines is 1. The van der Waals surface area contributed by atoms with Crippen molar-refractivity contribution < 1.29 is 4.79 Å². The fourth-order valence-electron chi connectivity index (χ4n) is 1.46. The van der Waals surface area contributed by atoms with Gasteiger partial charge in [0.25, 0.3) is 5.91 Å². The third kappa shape index (κ3) is 2.44. The quantitative estimate of drug-likeness (QED) is 0.840. The summed E-state index contributed by atoms with van der Waals surface area (Å²) in [5.41, 5.74) is 6.41. The summed E-state index contributed by atoms with van der Waals surface area (Å²) in [4.78, 5) is 17.1. The van der Waals surface area contributed by atoms with E-state index in [9.17, 15) is 4.79 Å². The molecule has 90 valence electrons. The summed E-state index contributed by atoms with van der Waals surface area (Å²) in [6, 6.07) is 0. The standard InChI is InChI=1S/C10H13N5OS/c1-6-3-12-8(17-6)5-13-10(16)9-7(11)4-14-15(9)2/h3-4H,5,11H2,1-2H3,(H,13,16). The molecule has 0 radical (unpaired) electrons. The maximum Gasteiger partial charge on any atom is 0.272 e. The number of nitrogens with zero attached hydrogens (tertiary/aromatic N) is 3. The molecule has 2 aromatic heterocycles. The van der Waals surface area contributed by atoms with E-state index >= 15 is 0 Å². The van der Waals surface area contributed by atoms with Crippen LogP contribution in [-0.2, 0) is 13.6 Å². The molecule has 0 aliphatic carbocycles. The fourth-order valence-corrected chi connectivity index (χ4v) is 2.18. The van der Waals surface area contributed by atoms with Crippen LogP contribution in [0.3, 0.4) is 0 Å². The summed E-state index contributed by atoms with van der Waals surface area (Å²) < 4.78 is 1.46. The maximum absolute atomic E-state index is 11.9. The molecule has 0 aliphatic rings. The number of carbonyl (C=O) groups is 1. The van der Waals surface area contributed by atoms with Crippen molar-refractivity contribution in [1.82, 2.24) is 20.1 Å². The zero-order valence-corrected chi connectivity index (χ0v) is 10.4. The van der Waals surface area contributed by atoms with E-state index in [1.807, 2.05) is 6.92 Å². The smallest absolute Gasteiger partial charge is 0.272 e. The molecule has 7 heteroatoms. The van der Waals surface area contributed by atoms with Crippen LogP contribution >= 0.6 is 11.3 Å². The number of hydrogen-bond acceptors (Lipinski definition) is 5. The minimum absolute atomic E-state index is 0.240. The summed E-state index contributed by atoms with van der Waals surface area (Å²) in [5.74, 6) is -0.240. The number of aryl methyl sites for hydroxylation is 2. The Labute approximate surface area is 102 Å². The first-order valence-electron chi connectivity index (χ1n) is 5.05. The molecule has 0 aromatic carbocycles. The fraction of sp³-hybridized carbons (Fsp3) is 0.300. The molecule has 0 unspecified atom stereocenters. The molecule has 2 rings (SSSR count). The monoisotopic (exact) mass is 251 g/mol. The predicted octanol–water partition coefficient (Wildman–Crippen LogP) is 0.697. The van der Waals surface area contributed by atoms with Gasteiger partial charge in [-0.1, -0.05) is 0 Å². The first-order valence-corrected chi connectivity index (χ1v) is 5.86. The van der Waals surface area contributed by atoms with Gasteiger partial charge in [-0.05, 0) is 6.92 Å². The van der Waals surface area contributed by atoms with Crippen molar-refractivity contribution in [3.8, 4) is 0 Å². The van der Waals surface area contributed by atoms with Crippen LogP contribution in [0.25, 0.3) is 0 Å². The van der Waals surface area contributed by atoms with E-state index in [0.717, 1.165) is 9.88 Å². The lowest BCUT2D eigenvalue weighted by molar-refractivity contribution is 0.0942. The van der Waals surface area contributed by atoms with Crippen LogP contribution in [0.5, 0.6) is 0 Å². The van der Waals surface area contributed by atoms with Crippen LogP contribution in [0.1, 0.15) is 20.4 Å². The van der Waals surface area contributed by atoms with E-state index in [1.165, 1.54) is 10.9 Å². The Morgan fingerprint density at radius 3 is 2.88 bits per heavy atom. The molecule has 0 bridgehead atoms. The van der Waals surface area contributed by atoms with Gasteiger partial charge in [0.05, 0.1) is 18.4 Å². The number of nitrogens with one attached hydrogen (secondary N) is 1. The molecule has 3 N–H and O–H groups in total. The first kappa shape index (κ1) is 11.6. The second-order valence-electron chi connectivity index (χ2n) is 3.62. The van der Waals surface area contributed by atoms with Gasteiger partial charge in [0.1, 0.15) is 10.7 Å². The van der Waals surface area contributed by atoms with Crippen molar-refractivity contribution in [2.45, 2.75) is 13.5 Å². The van der Waals surface area contributed by atoms with Gasteiger partial charge in [-0.25, -0.2) is 4.98 Å². The molecular formula is C10H13N5OS. The Balaban J connectivity index is 2.03. The van der Waals surface area contributed by atoms with Gasteiger partial charge in [-0.15, -0.1) is 11.3 Å². The Morgan fingerprint density at radius 1 is 1.59 bits per heavy atom. The lowest BCUT2D eigenvalue weighted by Crippen LogP contribution is -2.25. The zero-order valence-electron chi connectivity index (χ0n) is 9.60. The van der Waals surface area contributed by atoms with Crippen LogP contribution in [0.2, 0.25) is 0 Å². The molecule has 0 saturated heterocycles. The summed E-state index contributed by atoms with van der Waals surface area (Å²) in [6.45, 7) is 2.38. The average Bonchev–Trinajstić information content (AvgIpc) is 2.83. The molecular weight excluding hydrogens is 238 g/mol. The number of aromatic nitrogens is 3. The molecule has 0 atom stereocenters. The molecule has 6 nitrogen and oxygen atoms in total. The van der Waals surface area contributed by atoms with E-state index in [4.69, 9.17) is 5.73 Å². The number of rotatable bonds is 3. The summed E-state index contributed by atoms with van der Waals surface area (Å²) >= 11 is 1.56. The van der Waals surface area contributed by atoms with Gasteiger partial charge in [0.15, 0.2) is 0 Å². The number of thiazole rings is 1. The number of carbonyl (C=O) groups excluding carboxylic acids is 1. The topological polar surface area (TPSA) is 85.8 Å². The Bertz CT molecular complexity index is 525. The zero-order chi connectivity index (χ0) is 12.4. The van der Waals surface area contributed by atoms with Crippen molar-refractivity contribution >= 4 is 22.9 Å². The van der Waals surface area contributed by atoms with E-state index in [2.05, 4.69) is 15.4 Å². The summed E-state index contributed by atoms with van der Waals surface area (Å²) in [7, 11) is 1.68. The number of nitrogens with two attached hydrogens (primary N) is 1. The SMILES string of the molecule is Cc1cnc(CNC(=O)c2c(N)cnn2C)s1. The third-order valence-electron chi connectivity index (χ3n) is 2.25. The molecule has 0 aliphatic heterocycles. The van der Waals surface area contributed by atoms with Gasteiger partial charge in [0, 0.05) is 18.1 Å². The van der Waals surface area contributed by atoms with Gasteiger partial charge in [0.2, 0.25) is 0 Å². The average molecular weight is 251 g/mol. The number of amides is 1. The Kier molecular flexibility index (Phi) is 3.10. The maximum atomic E-state index is 11.9. The molecule has 0 spiro atoms. The lowest BCUT2D eigenvalue weighted by atomic mass is 10.3. The predicted molar refractivity (Wildman–Crippen MR) is 65.6 cm³/mol. The summed E-state index contributed by atoms with van der Waals surface area (Å²) in [5, 5.41) is 7.55. The highest BCUT2D eigenvalue weighted by Crippen LogP contribution is 2.12. The molecule has 2 aromatic rings. The van der Waals surface area contributed by atoms with E-state index in [0.29, 0.717) is 17.9 Å². The summed E-state index contributed by atoms with van der Waals surface area (Å²) in [6.07, 6.45) is 3.24. The minimum Gasteiger partial charge on any atom is -0.396 e. The van der Waals surface area contributed by atoms with Crippen LogP contribution < -0.4 is 11.1 Å². The van der Waals surface area contributed by atoms with Crippen LogP contribution in [-0.4, -0.2) is 20.7 Å².